The van der Waals surface area contributed by atoms with Crippen molar-refractivity contribution in [1.82, 2.24) is 0 Å². The van der Waals surface area contributed by atoms with Crippen molar-refractivity contribution in [2.75, 3.05) is 6.61 Å². The molecule has 3 rings (SSSR count). The third kappa shape index (κ3) is 1.84. The quantitative estimate of drug-likeness (QED) is 0.884. The Balaban J connectivity index is 1.96. The van der Waals surface area contributed by atoms with Crippen molar-refractivity contribution in [3.05, 3.63) is 35.6 Å². The molecule has 2 N–H and O–H groups in total. The maximum atomic E-state index is 6.33. The third-order valence-corrected chi connectivity index (χ3v) is 3.98. The molecular weight excluding hydrogens is 226 g/mol. The molecule has 3 unspecified atom stereocenters. The van der Waals surface area contributed by atoms with Crippen molar-refractivity contribution in [2.45, 2.75) is 32.4 Å². The lowest BCUT2D eigenvalue weighted by Gasteiger charge is -2.19. The van der Waals surface area contributed by atoms with E-state index in [1.54, 1.807) is 0 Å². The first kappa shape index (κ1) is 11.8. The number of benzene rings is 1. The maximum Gasteiger partial charge on any atom is 0.137 e. The van der Waals surface area contributed by atoms with E-state index in [2.05, 4.69) is 32.0 Å². The van der Waals surface area contributed by atoms with Crippen LogP contribution < -0.4 is 5.73 Å². The van der Waals surface area contributed by atoms with Crippen LogP contribution in [0.5, 0.6) is 0 Å². The molecular formula is C15H19NO2. The van der Waals surface area contributed by atoms with Crippen LogP contribution in [0.15, 0.2) is 28.7 Å². The van der Waals surface area contributed by atoms with Gasteiger partial charge in [-0.05, 0) is 31.9 Å². The number of furan rings is 1. The van der Waals surface area contributed by atoms with Crippen molar-refractivity contribution in [2.24, 2.45) is 11.7 Å². The van der Waals surface area contributed by atoms with Gasteiger partial charge < -0.3 is 14.9 Å². The first-order valence-corrected chi connectivity index (χ1v) is 6.53. The molecule has 3 nitrogen and oxygen atoms in total. The minimum absolute atomic E-state index is 0.0747. The van der Waals surface area contributed by atoms with Gasteiger partial charge in [0.15, 0.2) is 0 Å². The second kappa shape index (κ2) is 4.41. The second-order valence-electron chi connectivity index (χ2n) is 5.20. The van der Waals surface area contributed by atoms with Crippen molar-refractivity contribution >= 4 is 11.0 Å². The van der Waals surface area contributed by atoms with E-state index in [9.17, 15) is 0 Å². The maximum absolute atomic E-state index is 6.33. The minimum Gasteiger partial charge on any atom is -0.459 e. The van der Waals surface area contributed by atoms with Gasteiger partial charge in [0.2, 0.25) is 0 Å². The first-order valence-electron chi connectivity index (χ1n) is 6.53. The summed E-state index contributed by atoms with van der Waals surface area (Å²) in [6, 6.07) is 8.16. The largest absolute Gasteiger partial charge is 0.459 e. The summed E-state index contributed by atoms with van der Waals surface area (Å²) in [4.78, 5) is 0. The van der Waals surface area contributed by atoms with Gasteiger partial charge in [-0.15, -0.1) is 0 Å². The highest BCUT2D eigenvalue weighted by atomic mass is 16.5. The Bertz CT molecular complexity index is 561. The van der Waals surface area contributed by atoms with Crippen LogP contribution in [0.1, 0.15) is 30.7 Å². The molecule has 18 heavy (non-hydrogen) atoms. The van der Waals surface area contributed by atoms with Gasteiger partial charge >= 0.3 is 0 Å². The number of fused-ring (bicyclic) bond motifs is 1. The number of nitrogens with two attached hydrogens (primary N) is 1. The molecule has 2 heterocycles. The Morgan fingerprint density at radius 3 is 2.89 bits per heavy atom. The van der Waals surface area contributed by atoms with Crippen molar-refractivity contribution < 1.29 is 9.15 Å². The summed E-state index contributed by atoms with van der Waals surface area (Å²) in [5.41, 5.74) is 8.44. The van der Waals surface area contributed by atoms with E-state index in [0.717, 1.165) is 35.3 Å². The summed E-state index contributed by atoms with van der Waals surface area (Å²) in [6.45, 7) is 4.95. The smallest absolute Gasteiger partial charge is 0.137 e. The van der Waals surface area contributed by atoms with Gasteiger partial charge in [-0.1, -0.05) is 18.2 Å². The summed E-state index contributed by atoms with van der Waals surface area (Å²) in [5, 5.41) is 1.13. The van der Waals surface area contributed by atoms with E-state index in [4.69, 9.17) is 14.9 Å². The average molecular weight is 245 g/mol. The minimum atomic E-state index is -0.0747. The van der Waals surface area contributed by atoms with Crippen molar-refractivity contribution in [3.63, 3.8) is 0 Å². The molecule has 0 radical (unpaired) electrons. The zero-order chi connectivity index (χ0) is 12.7. The lowest BCUT2D eigenvalue weighted by Crippen LogP contribution is -2.26. The number of aryl methyl sites for hydroxylation is 1. The lowest BCUT2D eigenvalue weighted by molar-refractivity contribution is 0.0975. The van der Waals surface area contributed by atoms with Gasteiger partial charge in [0, 0.05) is 17.9 Å². The number of hydrogen-bond acceptors (Lipinski definition) is 3. The number of para-hydroxylation sites is 1. The van der Waals surface area contributed by atoms with Gasteiger partial charge in [-0.3, -0.25) is 0 Å². The fourth-order valence-electron chi connectivity index (χ4n) is 2.82. The summed E-state index contributed by atoms with van der Waals surface area (Å²) < 4.78 is 11.5. The molecule has 0 spiro atoms. The molecule has 1 aromatic carbocycles. The zero-order valence-corrected chi connectivity index (χ0v) is 10.8. The molecule has 1 fully saturated rings. The average Bonchev–Trinajstić information content (AvgIpc) is 2.95. The normalized spacial score (nSPS) is 25.7. The molecule has 1 saturated heterocycles. The van der Waals surface area contributed by atoms with Crippen LogP contribution in [0.3, 0.4) is 0 Å². The molecule has 0 aliphatic carbocycles. The Morgan fingerprint density at radius 2 is 2.22 bits per heavy atom. The van der Waals surface area contributed by atoms with E-state index in [1.165, 1.54) is 0 Å². The van der Waals surface area contributed by atoms with E-state index < -0.39 is 0 Å². The summed E-state index contributed by atoms with van der Waals surface area (Å²) >= 11 is 0. The third-order valence-electron chi connectivity index (χ3n) is 3.98. The van der Waals surface area contributed by atoms with Crippen LogP contribution in [0.2, 0.25) is 0 Å². The van der Waals surface area contributed by atoms with Gasteiger partial charge in [0.05, 0.1) is 12.1 Å². The van der Waals surface area contributed by atoms with Crippen LogP contribution in [0.4, 0.5) is 0 Å². The fraction of sp³-hybridized carbons (Fsp3) is 0.467. The van der Waals surface area contributed by atoms with E-state index >= 15 is 0 Å². The van der Waals surface area contributed by atoms with E-state index in [0.29, 0.717) is 5.92 Å². The van der Waals surface area contributed by atoms with Gasteiger partial charge in [0.25, 0.3) is 0 Å². The Morgan fingerprint density at radius 1 is 1.39 bits per heavy atom. The molecule has 1 aromatic heterocycles. The molecule has 0 amide bonds. The predicted octanol–water partition coefficient (Wildman–Crippen LogP) is 3.17. The van der Waals surface area contributed by atoms with Crippen LogP contribution >= 0.6 is 0 Å². The monoisotopic (exact) mass is 245 g/mol. The highest BCUT2D eigenvalue weighted by molar-refractivity contribution is 5.81. The molecule has 0 saturated carbocycles. The van der Waals surface area contributed by atoms with Crippen LogP contribution in [0, 0.1) is 12.8 Å². The molecule has 0 bridgehead atoms. The van der Waals surface area contributed by atoms with Gasteiger partial charge in [-0.2, -0.15) is 0 Å². The zero-order valence-electron chi connectivity index (χ0n) is 10.8. The fourth-order valence-corrected chi connectivity index (χ4v) is 2.82. The predicted molar refractivity (Wildman–Crippen MR) is 71.4 cm³/mol. The lowest BCUT2D eigenvalue weighted by atomic mass is 9.92. The molecule has 1 aliphatic heterocycles. The van der Waals surface area contributed by atoms with Crippen LogP contribution in [-0.4, -0.2) is 12.7 Å². The summed E-state index contributed by atoms with van der Waals surface area (Å²) in [6.07, 6.45) is 1.23. The molecule has 3 atom stereocenters. The highest BCUT2D eigenvalue weighted by Gasteiger charge is 2.32. The van der Waals surface area contributed by atoms with Crippen LogP contribution in [-0.2, 0) is 4.74 Å². The van der Waals surface area contributed by atoms with Crippen molar-refractivity contribution in [3.8, 4) is 0 Å². The molecule has 3 heteroatoms. The number of hydrogen-bond donors (Lipinski definition) is 1. The Hall–Kier alpha value is -1.32. The molecule has 2 aromatic rings. The standard InChI is InChI=1S/C15H19NO2/c1-9-4-3-5-11-8-13(18-15(9)11)14(16)12-6-7-17-10(12)2/h3-5,8,10,12,14H,6-7,16H2,1-2H3. The van der Waals surface area contributed by atoms with Gasteiger partial charge in [-0.25, -0.2) is 0 Å². The van der Waals surface area contributed by atoms with Crippen molar-refractivity contribution in [1.29, 1.82) is 0 Å². The van der Waals surface area contributed by atoms with Gasteiger partial charge in [0.1, 0.15) is 11.3 Å². The summed E-state index contributed by atoms with van der Waals surface area (Å²) in [5.74, 6) is 1.23. The Kier molecular flexibility index (Phi) is 2.88. The number of ether oxygens (including phenoxy) is 1. The van der Waals surface area contributed by atoms with E-state index in [1.807, 2.05) is 6.07 Å². The molecule has 96 valence electrons. The second-order valence-corrected chi connectivity index (χ2v) is 5.20. The van der Waals surface area contributed by atoms with Crippen LogP contribution in [0.25, 0.3) is 11.0 Å². The molecule has 1 aliphatic rings. The highest BCUT2D eigenvalue weighted by Crippen LogP contribution is 2.34. The first-order chi connectivity index (χ1) is 8.66. The SMILES string of the molecule is Cc1cccc2cc(C(N)C3CCOC3C)oc12. The number of rotatable bonds is 2. The Labute approximate surface area is 107 Å². The topological polar surface area (TPSA) is 48.4 Å². The summed E-state index contributed by atoms with van der Waals surface area (Å²) in [7, 11) is 0. The van der Waals surface area contributed by atoms with E-state index in [-0.39, 0.29) is 12.1 Å².